The van der Waals surface area contributed by atoms with Gasteiger partial charge < -0.3 is 4.74 Å². The van der Waals surface area contributed by atoms with Gasteiger partial charge in [-0.25, -0.2) is 0 Å². The Hall–Kier alpha value is -1.33. The van der Waals surface area contributed by atoms with Gasteiger partial charge in [0, 0.05) is 6.04 Å². The van der Waals surface area contributed by atoms with E-state index in [2.05, 4.69) is 6.92 Å². The van der Waals surface area contributed by atoms with Crippen LogP contribution < -0.4 is 4.74 Å². The number of unbranched alkanes of at least 4 members (excludes halogenated alkanes) is 5. The predicted molar refractivity (Wildman–Crippen MR) is 123 cm³/mol. The topological polar surface area (TPSA) is 29.5 Å². The van der Waals surface area contributed by atoms with Crippen molar-refractivity contribution in [3.63, 3.8) is 0 Å². The average Bonchev–Trinajstić information content (AvgIpc) is 3.30. The van der Waals surface area contributed by atoms with E-state index >= 15 is 0 Å². The first-order valence-corrected chi connectivity index (χ1v) is 11.9. The van der Waals surface area contributed by atoms with E-state index in [1.165, 1.54) is 56.7 Å². The Bertz CT molecular complexity index is 693. The van der Waals surface area contributed by atoms with Gasteiger partial charge in [0.15, 0.2) is 0 Å². The Morgan fingerprint density at radius 3 is 2.50 bits per heavy atom. The van der Waals surface area contributed by atoms with Crippen molar-refractivity contribution >= 4 is 40.3 Å². The predicted octanol–water partition coefficient (Wildman–Crippen LogP) is 6.57. The molecule has 1 aromatic rings. The van der Waals surface area contributed by atoms with E-state index in [1.54, 1.807) is 0 Å². The first-order chi connectivity index (χ1) is 13.7. The molecule has 2 fully saturated rings. The highest BCUT2D eigenvalue weighted by atomic mass is 32.2. The number of amides is 1. The second kappa shape index (κ2) is 11.0. The van der Waals surface area contributed by atoms with Crippen molar-refractivity contribution in [3.8, 4) is 5.75 Å². The molecule has 1 aliphatic carbocycles. The third kappa shape index (κ3) is 5.84. The third-order valence-corrected chi connectivity index (χ3v) is 6.79. The normalized spacial score (nSPS) is 19.2. The monoisotopic (exact) mass is 417 g/mol. The van der Waals surface area contributed by atoms with Gasteiger partial charge in [-0.05, 0) is 43.0 Å². The SMILES string of the molecule is CCCCCCCCOc1ccc(C=C2SC(=S)N(C3CCCC3)C2=O)cc1. The highest BCUT2D eigenvalue weighted by Crippen LogP contribution is 2.37. The molecule has 0 aromatic heterocycles. The van der Waals surface area contributed by atoms with Gasteiger partial charge >= 0.3 is 0 Å². The molecule has 0 radical (unpaired) electrons. The number of ether oxygens (including phenoxy) is 1. The molecule has 1 heterocycles. The number of nitrogens with zero attached hydrogens (tertiary/aromatic N) is 1. The first kappa shape index (κ1) is 21.4. The average molecular weight is 418 g/mol. The van der Waals surface area contributed by atoms with Crippen molar-refractivity contribution in [1.82, 2.24) is 4.90 Å². The van der Waals surface area contributed by atoms with Gasteiger partial charge in [0.25, 0.3) is 5.91 Å². The third-order valence-electron chi connectivity index (χ3n) is 5.46. The number of carbonyl (C=O) groups excluding carboxylic acids is 1. The van der Waals surface area contributed by atoms with Crippen LogP contribution in [-0.4, -0.2) is 27.8 Å². The summed E-state index contributed by atoms with van der Waals surface area (Å²) in [6.07, 6.45) is 14.1. The summed E-state index contributed by atoms with van der Waals surface area (Å²) in [5, 5.41) is 0. The number of rotatable bonds is 10. The smallest absolute Gasteiger partial charge is 0.266 e. The molecule has 1 saturated carbocycles. The van der Waals surface area contributed by atoms with Crippen LogP contribution in [-0.2, 0) is 4.79 Å². The fraction of sp³-hybridized carbons (Fsp3) is 0.565. The number of hydrogen-bond donors (Lipinski definition) is 0. The molecule has 3 rings (SSSR count). The van der Waals surface area contributed by atoms with E-state index in [1.807, 2.05) is 35.2 Å². The molecule has 1 amide bonds. The fourth-order valence-electron chi connectivity index (χ4n) is 3.84. The lowest BCUT2D eigenvalue weighted by atomic mass is 10.1. The summed E-state index contributed by atoms with van der Waals surface area (Å²) in [6.45, 7) is 3.01. The fourth-order valence-corrected chi connectivity index (χ4v) is 5.24. The van der Waals surface area contributed by atoms with Gasteiger partial charge in [0.1, 0.15) is 10.1 Å². The Morgan fingerprint density at radius 2 is 1.79 bits per heavy atom. The van der Waals surface area contributed by atoms with E-state index in [9.17, 15) is 4.79 Å². The summed E-state index contributed by atoms with van der Waals surface area (Å²) in [4.78, 5) is 15.3. The standard InChI is InChI=1S/C23H31NO2S2/c1-2-3-4-5-6-9-16-26-20-14-12-18(13-15-20)17-21-22(25)24(23(27)28-21)19-10-7-8-11-19/h12-15,17,19H,2-11,16H2,1H3. The number of carbonyl (C=O) groups is 1. The molecule has 0 spiro atoms. The molecule has 152 valence electrons. The number of hydrogen-bond acceptors (Lipinski definition) is 4. The number of benzene rings is 1. The molecule has 2 aliphatic rings. The molecular weight excluding hydrogens is 386 g/mol. The molecule has 3 nitrogen and oxygen atoms in total. The minimum Gasteiger partial charge on any atom is -0.494 e. The lowest BCUT2D eigenvalue weighted by Crippen LogP contribution is -2.36. The first-order valence-electron chi connectivity index (χ1n) is 10.7. The van der Waals surface area contributed by atoms with Crippen LogP contribution in [0.1, 0.15) is 76.7 Å². The molecule has 0 atom stereocenters. The largest absolute Gasteiger partial charge is 0.494 e. The molecule has 0 N–H and O–H groups in total. The second-order valence-corrected chi connectivity index (χ2v) is 9.35. The Kier molecular flexibility index (Phi) is 8.41. The maximum Gasteiger partial charge on any atom is 0.266 e. The van der Waals surface area contributed by atoms with Gasteiger partial charge in [-0.3, -0.25) is 9.69 Å². The summed E-state index contributed by atoms with van der Waals surface area (Å²) in [7, 11) is 0. The molecule has 0 unspecified atom stereocenters. The molecule has 1 aliphatic heterocycles. The Morgan fingerprint density at radius 1 is 1.11 bits per heavy atom. The van der Waals surface area contributed by atoms with Crippen LogP contribution in [0.3, 0.4) is 0 Å². The van der Waals surface area contributed by atoms with Crippen LogP contribution in [0.4, 0.5) is 0 Å². The number of thioether (sulfide) groups is 1. The summed E-state index contributed by atoms with van der Waals surface area (Å²) in [5.74, 6) is 0.967. The van der Waals surface area contributed by atoms with Gasteiger partial charge in [-0.2, -0.15) is 0 Å². The van der Waals surface area contributed by atoms with Gasteiger partial charge in [0.2, 0.25) is 0 Å². The maximum atomic E-state index is 12.8. The summed E-state index contributed by atoms with van der Waals surface area (Å²) in [5.41, 5.74) is 1.01. The lowest BCUT2D eigenvalue weighted by molar-refractivity contribution is -0.123. The molecule has 0 bridgehead atoms. The quantitative estimate of drug-likeness (QED) is 0.245. The van der Waals surface area contributed by atoms with E-state index in [4.69, 9.17) is 17.0 Å². The zero-order valence-electron chi connectivity index (χ0n) is 16.8. The van der Waals surface area contributed by atoms with Crippen molar-refractivity contribution in [1.29, 1.82) is 0 Å². The van der Waals surface area contributed by atoms with Crippen molar-refractivity contribution in [2.45, 2.75) is 77.2 Å². The summed E-state index contributed by atoms with van der Waals surface area (Å²) < 4.78 is 6.55. The van der Waals surface area contributed by atoms with Gasteiger partial charge in [-0.1, -0.05) is 88.0 Å². The van der Waals surface area contributed by atoms with Crippen molar-refractivity contribution < 1.29 is 9.53 Å². The zero-order valence-corrected chi connectivity index (χ0v) is 18.5. The van der Waals surface area contributed by atoms with Gasteiger partial charge in [0.05, 0.1) is 11.5 Å². The van der Waals surface area contributed by atoms with Crippen LogP contribution >= 0.6 is 24.0 Å². The summed E-state index contributed by atoms with van der Waals surface area (Å²) in [6, 6.07) is 8.30. The van der Waals surface area contributed by atoms with Crippen molar-refractivity contribution in [3.05, 3.63) is 34.7 Å². The second-order valence-electron chi connectivity index (χ2n) is 7.68. The highest BCUT2D eigenvalue weighted by Gasteiger charge is 2.37. The van der Waals surface area contributed by atoms with Crippen molar-refractivity contribution in [2.75, 3.05) is 6.61 Å². The molecule has 1 saturated heterocycles. The van der Waals surface area contributed by atoms with Crippen LogP contribution in [0.25, 0.3) is 6.08 Å². The maximum absolute atomic E-state index is 12.8. The minimum atomic E-state index is 0.0744. The zero-order chi connectivity index (χ0) is 19.8. The van der Waals surface area contributed by atoms with E-state index in [0.717, 1.165) is 42.1 Å². The van der Waals surface area contributed by atoms with Gasteiger partial charge in [-0.15, -0.1) is 0 Å². The van der Waals surface area contributed by atoms with E-state index < -0.39 is 0 Å². The minimum absolute atomic E-state index is 0.0744. The Labute approximate surface area is 178 Å². The van der Waals surface area contributed by atoms with Crippen LogP contribution in [0.5, 0.6) is 5.75 Å². The highest BCUT2D eigenvalue weighted by molar-refractivity contribution is 8.26. The van der Waals surface area contributed by atoms with Crippen LogP contribution in [0.15, 0.2) is 29.2 Å². The molecule has 1 aromatic carbocycles. The van der Waals surface area contributed by atoms with Crippen molar-refractivity contribution in [2.24, 2.45) is 0 Å². The Balaban J connectivity index is 1.48. The molecule has 5 heteroatoms. The molecular formula is C23H31NO2S2. The van der Waals surface area contributed by atoms with Crippen LogP contribution in [0, 0.1) is 0 Å². The summed E-state index contributed by atoms with van der Waals surface area (Å²) >= 11 is 6.90. The van der Waals surface area contributed by atoms with E-state index in [0.29, 0.717) is 10.4 Å². The molecule has 28 heavy (non-hydrogen) atoms. The van der Waals surface area contributed by atoms with Crippen LogP contribution in [0.2, 0.25) is 0 Å². The lowest BCUT2D eigenvalue weighted by Gasteiger charge is -2.21. The van der Waals surface area contributed by atoms with E-state index in [-0.39, 0.29) is 5.91 Å². The number of thiocarbonyl (C=S) groups is 1.